The van der Waals surface area contributed by atoms with E-state index >= 15 is 0 Å². The first-order valence-corrected chi connectivity index (χ1v) is 10.5. The summed E-state index contributed by atoms with van der Waals surface area (Å²) >= 11 is 0. The highest BCUT2D eigenvalue weighted by atomic mass is 32.2. The van der Waals surface area contributed by atoms with Gasteiger partial charge in [0, 0.05) is 12.6 Å². The van der Waals surface area contributed by atoms with Gasteiger partial charge in [-0.05, 0) is 68.7 Å². The van der Waals surface area contributed by atoms with Crippen molar-refractivity contribution in [3.8, 4) is 5.75 Å². The molecule has 0 N–H and O–H groups in total. The van der Waals surface area contributed by atoms with E-state index in [0.717, 1.165) is 16.7 Å². The standard InChI is InChI=1S/C22H24N2O3S/c1-14-10-15(2)20(16(3)11-14)12-21-22(13-23-17(4)24-21)28(25,26)19-8-6-18(27-5)7-9-19/h6-11,13H,12H2,1-5H3. The molecule has 28 heavy (non-hydrogen) atoms. The van der Waals surface area contributed by atoms with Gasteiger partial charge in [-0.1, -0.05) is 17.7 Å². The van der Waals surface area contributed by atoms with Crippen molar-refractivity contribution in [2.24, 2.45) is 0 Å². The number of nitrogens with zero attached hydrogens (tertiary/aromatic N) is 2. The van der Waals surface area contributed by atoms with Gasteiger partial charge in [-0.25, -0.2) is 18.4 Å². The van der Waals surface area contributed by atoms with Crippen molar-refractivity contribution in [2.45, 2.75) is 43.9 Å². The Kier molecular flexibility index (Phi) is 5.52. The average Bonchev–Trinajstić information content (AvgIpc) is 2.64. The first-order chi connectivity index (χ1) is 13.2. The Labute approximate surface area is 166 Å². The van der Waals surface area contributed by atoms with Gasteiger partial charge < -0.3 is 4.74 Å². The fraction of sp³-hybridized carbons (Fsp3) is 0.273. The number of aryl methyl sites for hydroxylation is 4. The quantitative estimate of drug-likeness (QED) is 0.648. The predicted octanol–water partition coefficient (Wildman–Crippen LogP) is 4.14. The molecule has 0 aliphatic carbocycles. The number of hydrogen-bond acceptors (Lipinski definition) is 5. The van der Waals surface area contributed by atoms with Crippen LogP contribution in [-0.4, -0.2) is 25.5 Å². The number of ether oxygens (including phenoxy) is 1. The molecule has 0 spiro atoms. The van der Waals surface area contributed by atoms with Crippen LogP contribution in [0.1, 0.15) is 33.8 Å². The van der Waals surface area contributed by atoms with Gasteiger partial charge >= 0.3 is 0 Å². The third kappa shape index (κ3) is 3.92. The van der Waals surface area contributed by atoms with E-state index in [1.807, 2.05) is 13.8 Å². The van der Waals surface area contributed by atoms with Gasteiger partial charge in [0.1, 0.15) is 16.5 Å². The number of aromatic nitrogens is 2. The Morgan fingerprint density at radius 3 is 2.14 bits per heavy atom. The van der Waals surface area contributed by atoms with E-state index in [4.69, 9.17) is 4.74 Å². The molecule has 0 aliphatic heterocycles. The van der Waals surface area contributed by atoms with E-state index in [1.54, 1.807) is 38.3 Å². The van der Waals surface area contributed by atoms with Crippen LogP contribution in [0.5, 0.6) is 5.75 Å². The first kappa shape index (κ1) is 20.0. The smallest absolute Gasteiger partial charge is 0.209 e. The minimum Gasteiger partial charge on any atom is -0.497 e. The van der Waals surface area contributed by atoms with Gasteiger partial charge in [0.15, 0.2) is 0 Å². The van der Waals surface area contributed by atoms with Crippen molar-refractivity contribution in [3.63, 3.8) is 0 Å². The van der Waals surface area contributed by atoms with Crippen LogP contribution in [0.15, 0.2) is 52.4 Å². The minimum absolute atomic E-state index is 0.141. The molecule has 1 heterocycles. The molecule has 1 aromatic heterocycles. The van der Waals surface area contributed by atoms with E-state index in [9.17, 15) is 8.42 Å². The molecular formula is C22H24N2O3S. The highest BCUT2D eigenvalue weighted by Gasteiger charge is 2.24. The van der Waals surface area contributed by atoms with Crippen molar-refractivity contribution >= 4 is 9.84 Å². The summed E-state index contributed by atoms with van der Waals surface area (Å²) in [6, 6.07) is 10.6. The molecule has 0 saturated carbocycles. The normalized spacial score (nSPS) is 11.5. The predicted molar refractivity (Wildman–Crippen MR) is 109 cm³/mol. The number of methoxy groups -OCH3 is 1. The number of rotatable bonds is 5. The molecule has 2 aromatic carbocycles. The largest absolute Gasteiger partial charge is 0.497 e. The highest BCUT2D eigenvalue weighted by Crippen LogP contribution is 2.27. The fourth-order valence-electron chi connectivity index (χ4n) is 3.40. The number of sulfone groups is 1. The summed E-state index contributed by atoms with van der Waals surface area (Å²) in [6.07, 6.45) is 1.85. The van der Waals surface area contributed by atoms with Gasteiger partial charge in [-0.2, -0.15) is 0 Å². The zero-order valence-corrected chi connectivity index (χ0v) is 17.6. The zero-order valence-electron chi connectivity index (χ0n) is 16.8. The van der Waals surface area contributed by atoms with E-state index in [1.165, 1.54) is 11.8 Å². The summed E-state index contributed by atoms with van der Waals surface area (Å²) in [5.41, 5.74) is 5.04. The Bertz CT molecular complexity index is 1100. The van der Waals surface area contributed by atoms with Gasteiger partial charge in [-0.15, -0.1) is 0 Å². The molecule has 6 heteroatoms. The summed E-state index contributed by atoms with van der Waals surface area (Å²) in [5, 5.41) is 0. The molecule has 146 valence electrons. The Hall–Kier alpha value is -2.73. The zero-order chi connectivity index (χ0) is 20.5. The topological polar surface area (TPSA) is 69.2 Å². The maximum atomic E-state index is 13.3. The van der Waals surface area contributed by atoms with Crippen molar-refractivity contribution in [1.29, 1.82) is 0 Å². The lowest BCUT2D eigenvalue weighted by Gasteiger charge is -2.14. The van der Waals surface area contributed by atoms with E-state index in [0.29, 0.717) is 23.7 Å². The summed E-state index contributed by atoms with van der Waals surface area (Å²) < 4.78 is 31.6. The number of hydrogen-bond donors (Lipinski definition) is 0. The van der Waals surface area contributed by atoms with Crippen LogP contribution in [0.25, 0.3) is 0 Å². The van der Waals surface area contributed by atoms with Crippen LogP contribution in [-0.2, 0) is 16.3 Å². The second-order valence-electron chi connectivity index (χ2n) is 6.96. The average molecular weight is 397 g/mol. The van der Waals surface area contributed by atoms with Crippen molar-refractivity contribution in [1.82, 2.24) is 9.97 Å². The summed E-state index contributed by atoms with van der Waals surface area (Å²) in [4.78, 5) is 8.97. The van der Waals surface area contributed by atoms with E-state index < -0.39 is 9.84 Å². The molecule has 5 nitrogen and oxygen atoms in total. The van der Waals surface area contributed by atoms with Crippen LogP contribution in [0.3, 0.4) is 0 Å². The van der Waals surface area contributed by atoms with Crippen LogP contribution in [0, 0.1) is 27.7 Å². The van der Waals surface area contributed by atoms with Crippen molar-refractivity contribution in [2.75, 3.05) is 7.11 Å². The van der Waals surface area contributed by atoms with E-state index in [2.05, 4.69) is 29.0 Å². The minimum atomic E-state index is -3.75. The molecule has 3 rings (SSSR count). The molecular weight excluding hydrogens is 372 g/mol. The summed E-state index contributed by atoms with van der Waals surface area (Å²) in [7, 11) is -2.20. The second-order valence-corrected chi connectivity index (χ2v) is 8.88. The highest BCUT2D eigenvalue weighted by molar-refractivity contribution is 7.91. The lowest BCUT2D eigenvalue weighted by Crippen LogP contribution is -2.11. The molecule has 0 amide bonds. The van der Waals surface area contributed by atoms with Crippen molar-refractivity contribution in [3.05, 3.63) is 76.4 Å². The molecule has 0 atom stereocenters. The Morgan fingerprint density at radius 1 is 0.964 bits per heavy atom. The second kappa shape index (κ2) is 7.72. The molecule has 0 bridgehead atoms. The third-order valence-electron chi connectivity index (χ3n) is 4.79. The maximum absolute atomic E-state index is 13.3. The SMILES string of the molecule is COc1ccc(S(=O)(=O)c2cnc(C)nc2Cc2c(C)cc(C)cc2C)cc1. The third-order valence-corrected chi connectivity index (χ3v) is 6.61. The van der Waals surface area contributed by atoms with E-state index in [-0.39, 0.29) is 9.79 Å². The van der Waals surface area contributed by atoms with Crippen LogP contribution < -0.4 is 4.74 Å². The number of benzene rings is 2. The van der Waals surface area contributed by atoms with Crippen molar-refractivity contribution < 1.29 is 13.2 Å². The Balaban J connectivity index is 2.11. The van der Waals surface area contributed by atoms with Gasteiger partial charge in [-0.3, -0.25) is 0 Å². The maximum Gasteiger partial charge on any atom is 0.209 e. The summed E-state index contributed by atoms with van der Waals surface area (Å²) in [5.74, 6) is 1.15. The van der Waals surface area contributed by atoms with Gasteiger partial charge in [0.25, 0.3) is 0 Å². The Morgan fingerprint density at radius 2 is 1.57 bits per heavy atom. The molecule has 3 aromatic rings. The lowest BCUT2D eigenvalue weighted by atomic mass is 9.96. The molecule has 0 fully saturated rings. The molecule has 0 radical (unpaired) electrons. The fourth-order valence-corrected chi connectivity index (χ4v) is 4.76. The molecule has 0 unspecified atom stereocenters. The first-order valence-electron chi connectivity index (χ1n) is 9.00. The van der Waals surface area contributed by atoms with Crippen LogP contribution in [0.2, 0.25) is 0 Å². The van der Waals surface area contributed by atoms with Crippen LogP contribution in [0.4, 0.5) is 0 Å². The van der Waals surface area contributed by atoms with Crippen LogP contribution >= 0.6 is 0 Å². The van der Waals surface area contributed by atoms with Gasteiger partial charge in [0.05, 0.1) is 17.7 Å². The monoisotopic (exact) mass is 396 g/mol. The summed E-state index contributed by atoms with van der Waals surface area (Å²) in [6.45, 7) is 7.91. The lowest BCUT2D eigenvalue weighted by molar-refractivity contribution is 0.414. The van der Waals surface area contributed by atoms with Gasteiger partial charge in [0.2, 0.25) is 9.84 Å². The molecule has 0 saturated heterocycles. The molecule has 0 aliphatic rings.